The van der Waals surface area contributed by atoms with Crippen LogP contribution < -0.4 is 0 Å². The lowest BCUT2D eigenvalue weighted by Crippen LogP contribution is -2.65. The zero-order valence-electron chi connectivity index (χ0n) is 31.9. The van der Waals surface area contributed by atoms with E-state index in [1.807, 2.05) is 0 Å². The molecule has 54 heavy (non-hydrogen) atoms. The maximum atomic E-state index is 12.1. The van der Waals surface area contributed by atoms with Crippen molar-refractivity contribution in [2.24, 2.45) is 52.3 Å². The fraction of sp³-hybridized carbons (Fsp3) is 1.00. The molecule has 4 aliphatic carbocycles. The van der Waals surface area contributed by atoms with E-state index in [0.29, 0.717) is 43.6 Å². The first-order valence-electron chi connectivity index (χ1n) is 20.5. The topological polar surface area (TPSA) is 237 Å². The molecule has 8 aliphatic rings. The summed E-state index contributed by atoms with van der Waals surface area (Å²) in [6.07, 6.45) is -10.2. The van der Waals surface area contributed by atoms with Crippen molar-refractivity contribution in [3.05, 3.63) is 0 Å². The SMILES string of the molecule is C[C@@H]1CO[C@@]2(O[C@H]3[C@H](O)[C@H]4[C@@H]5CCC6C[C@@H](O[C@@H]7O[C@H](CO)[C@H](O)[C@H](O)[C@H]7O[C@@H]7O[C@H](CO)[C@@H](O)[C@H](O)[C@H]7O)CC[C@]6(C)[C@H]5CC[C@]4(C)[C@H]3[C@@H]2C)[C@@H](O)C1. The molecule has 4 saturated carbocycles. The van der Waals surface area contributed by atoms with Gasteiger partial charge in [-0.2, -0.15) is 0 Å². The summed E-state index contributed by atoms with van der Waals surface area (Å²) < 4.78 is 36.9. The largest absolute Gasteiger partial charge is 0.394 e. The second-order valence-electron chi connectivity index (χ2n) is 18.9. The molecule has 15 heteroatoms. The highest BCUT2D eigenvalue weighted by Gasteiger charge is 2.73. The van der Waals surface area contributed by atoms with Crippen LogP contribution in [0.3, 0.4) is 0 Å². The Kier molecular flexibility index (Phi) is 10.9. The molecule has 24 atom stereocenters. The van der Waals surface area contributed by atoms with Gasteiger partial charge in [0.2, 0.25) is 0 Å². The first-order valence-corrected chi connectivity index (χ1v) is 20.5. The normalized spacial score (nSPS) is 60.1. The molecule has 8 rings (SSSR count). The van der Waals surface area contributed by atoms with E-state index in [4.69, 9.17) is 28.4 Å². The number of fused-ring (bicyclic) bond motifs is 7. The second kappa shape index (κ2) is 14.6. The van der Waals surface area contributed by atoms with Crippen LogP contribution in [0.2, 0.25) is 0 Å². The van der Waals surface area contributed by atoms with Gasteiger partial charge in [-0.3, -0.25) is 0 Å². The number of aliphatic hydroxyl groups is 9. The Morgan fingerprint density at radius 3 is 2.02 bits per heavy atom. The van der Waals surface area contributed by atoms with Gasteiger partial charge in [-0.1, -0.05) is 27.7 Å². The highest BCUT2D eigenvalue weighted by Crippen LogP contribution is 2.71. The maximum absolute atomic E-state index is 12.1. The summed E-state index contributed by atoms with van der Waals surface area (Å²) in [5.41, 5.74) is -0.149. The Morgan fingerprint density at radius 1 is 0.667 bits per heavy atom. The summed E-state index contributed by atoms with van der Waals surface area (Å²) in [5, 5.41) is 96.1. The number of ether oxygens (including phenoxy) is 6. The van der Waals surface area contributed by atoms with Crippen molar-refractivity contribution in [1.29, 1.82) is 0 Å². The quantitative estimate of drug-likeness (QED) is 0.153. The number of aliphatic hydroxyl groups excluding tert-OH is 9. The predicted molar refractivity (Wildman–Crippen MR) is 186 cm³/mol. The van der Waals surface area contributed by atoms with Gasteiger partial charge in [-0.25, -0.2) is 0 Å². The lowest BCUT2D eigenvalue weighted by Gasteiger charge is -2.61. The fourth-order valence-corrected chi connectivity index (χ4v) is 13.4. The van der Waals surface area contributed by atoms with E-state index in [1.54, 1.807) is 0 Å². The molecule has 310 valence electrons. The van der Waals surface area contributed by atoms with Crippen LogP contribution in [0.25, 0.3) is 0 Å². The van der Waals surface area contributed by atoms with Crippen LogP contribution in [0.4, 0.5) is 0 Å². The van der Waals surface area contributed by atoms with Crippen molar-refractivity contribution in [2.75, 3.05) is 19.8 Å². The van der Waals surface area contributed by atoms with Crippen molar-refractivity contribution < 1.29 is 74.4 Å². The van der Waals surface area contributed by atoms with Crippen LogP contribution in [0, 0.1) is 52.3 Å². The number of hydrogen-bond donors (Lipinski definition) is 9. The predicted octanol–water partition coefficient (Wildman–Crippen LogP) is -0.616. The van der Waals surface area contributed by atoms with Gasteiger partial charge in [-0.15, -0.1) is 0 Å². The van der Waals surface area contributed by atoms with Gasteiger partial charge in [0, 0.05) is 11.8 Å². The van der Waals surface area contributed by atoms with E-state index in [0.717, 1.165) is 32.1 Å². The minimum Gasteiger partial charge on any atom is -0.394 e. The summed E-state index contributed by atoms with van der Waals surface area (Å²) in [6, 6.07) is 0. The molecule has 0 amide bonds. The minimum atomic E-state index is -1.74. The zero-order chi connectivity index (χ0) is 38.6. The molecule has 15 nitrogen and oxygen atoms in total. The summed E-state index contributed by atoms with van der Waals surface area (Å²) in [6.45, 7) is 8.23. The van der Waals surface area contributed by atoms with Crippen molar-refractivity contribution in [1.82, 2.24) is 0 Å². The van der Waals surface area contributed by atoms with Gasteiger partial charge in [0.25, 0.3) is 0 Å². The lowest BCUT2D eigenvalue weighted by atomic mass is 9.44. The molecule has 9 N–H and O–H groups in total. The van der Waals surface area contributed by atoms with Crippen LogP contribution in [0.15, 0.2) is 0 Å². The molecule has 0 aromatic heterocycles. The van der Waals surface area contributed by atoms with Gasteiger partial charge in [0.05, 0.1) is 38.1 Å². The van der Waals surface area contributed by atoms with Crippen LogP contribution in [-0.2, 0) is 28.4 Å². The summed E-state index contributed by atoms with van der Waals surface area (Å²) in [4.78, 5) is 0. The first kappa shape index (κ1) is 40.2. The molecule has 8 fully saturated rings. The van der Waals surface area contributed by atoms with E-state index in [2.05, 4.69) is 27.7 Å². The molecule has 4 heterocycles. The molecule has 4 saturated heterocycles. The maximum Gasteiger partial charge on any atom is 0.197 e. The van der Waals surface area contributed by atoms with Gasteiger partial charge in [0.1, 0.15) is 54.9 Å². The summed E-state index contributed by atoms with van der Waals surface area (Å²) in [7, 11) is 0. The number of hydrogen-bond acceptors (Lipinski definition) is 15. The third kappa shape index (κ3) is 6.01. The van der Waals surface area contributed by atoms with Gasteiger partial charge in [0.15, 0.2) is 18.4 Å². The van der Waals surface area contributed by atoms with Crippen LogP contribution in [0.5, 0.6) is 0 Å². The van der Waals surface area contributed by atoms with E-state index in [-0.39, 0.29) is 46.7 Å². The highest BCUT2D eigenvalue weighted by atomic mass is 16.8. The average Bonchev–Trinajstić information content (AvgIpc) is 3.57. The molecular formula is C39H64O15. The molecule has 0 aromatic carbocycles. The van der Waals surface area contributed by atoms with Gasteiger partial charge in [-0.05, 0) is 91.8 Å². The zero-order valence-corrected chi connectivity index (χ0v) is 31.9. The lowest BCUT2D eigenvalue weighted by molar-refractivity contribution is -0.373. The van der Waals surface area contributed by atoms with Crippen molar-refractivity contribution in [3.8, 4) is 0 Å². The van der Waals surface area contributed by atoms with E-state index >= 15 is 0 Å². The smallest absolute Gasteiger partial charge is 0.197 e. The third-order valence-electron chi connectivity index (χ3n) is 16.2. The van der Waals surface area contributed by atoms with Crippen molar-refractivity contribution in [2.45, 2.75) is 171 Å². The Labute approximate surface area is 316 Å². The summed E-state index contributed by atoms with van der Waals surface area (Å²) >= 11 is 0. The number of rotatable bonds is 6. The Hall–Kier alpha value is -0.600. The van der Waals surface area contributed by atoms with Gasteiger partial charge >= 0.3 is 0 Å². The Bertz CT molecular complexity index is 1340. The second-order valence-corrected chi connectivity index (χ2v) is 18.9. The van der Waals surface area contributed by atoms with E-state index in [1.165, 1.54) is 0 Å². The van der Waals surface area contributed by atoms with Crippen LogP contribution in [0.1, 0.15) is 79.1 Å². The van der Waals surface area contributed by atoms with Crippen molar-refractivity contribution >= 4 is 0 Å². The van der Waals surface area contributed by atoms with Crippen molar-refractivity contribution in [3.63, 3.8) is 0 Å². The Morgan fingerprint density at radius 2 is 1.33 bits per heavy atom. The van der Waals surface area contributed by atoms with Gasteiger partial charge < -0.3 is 74.4 Å². The molecule has 0 bridgehead atoms. The molecule has 1 spiro atoms. The summed E-state index contributed by atoms with van der Waals surface area (Å²) in [5.74, 6) is 0.330. The molecule has 0 aromatic rings. The van der Waals surface area contributed by atoms with Crippen LogP contribution in [-0.4, -0.2) is 157 Å². The monoisotopic (exact) mass is 772 g/mol. The first-order chi connectivity index (χ1) is 25.6. The standard InChI is InChI=1S/C39H64O15/c1-16-11-24(42)39(49-15-16)17(2)25-33(54-39)29(45)26-20-6-5-18-12-19(7-9-37(18,3)21(20)8-10-38(25,26)4)50-36-34(31(47)28(44)23(14-41)52-36)53-35-32(48)30(46)27(43)22(13-40)51-35/h16-36,40-48H,5-15H2,1-4H3/t16-,17-,18?,19-,20+,21-,22+,23+,24-,25-,26+,27+,28-,29+,30-,31-,32+,33+,34+,35-,36+,37-,38+,39-/m0/s1. The molecule has 0 radical (unpaired) electrons. The molecule has 1 unspecified atom stereocenters. The molecule has 4 aliphatic heterocycles. The highest BCUT2D eigenvalue weighted by molar-refractivity contribution is 5.19. The average molecular weight is 773 g/mol. The Balaban J connectivity index is 0.959. The van der Waals surface area contributed by atoms with Crippen LogP contribution >= 0.6 is 0 Å². The third-order valence-corrected chi connectivity index (χ3v) is 16.2. The van der Waals surface area contributed by atoms with E-state index in [9.17, 15) is 46.0 Å². The minimum absolute atomic E-state index is 0.00295. The fourth-order valence-electron chi connectivity index (χ4n) is 13.4. The van der Waals surface area contributed by atoms with E-state index < -0.39 is 92.6 Å². The molecular weight excluding hydrogens is 708 g/mol.